The maximum atomic E-state index is 9.99. The Balaban J connectivity index is 0. The molecule has 1 amide bonds. The summed E-state index contributed by atoms with van der Waals surface area (Å²) >= 11 is 0. The third-order valence-electron chi connectivity index (χ3n) is 0.828. The van der Waals surface area contributed by atoms with Crippen LogP contribution in [-0.2, 0) is 4.79 Å². The number of amides is 1. The molecule has 0 fully saturated rings. The molecule has 10 heavy (non-hydrogen) atoms. The first-order valence-electron chi connectivity index (χ1n) is 2.69. The quantitative estimate of drug-likeness (QED) is 0.178. The van der Waals surface area contributed by atoms with Crippen molar-refractivity contribution in [3.8, 4) is 0 Å². The van der Waals surface area contributed by atoms with Crippen molar-refractivity contribution in [2.24, 2.45) is 0 Å². The van der Waals surface area contributed by atoms with E-state index in [-0.39, 0.29) is 18.9 Å². The molecule has 0 bridgehead atoms. The predicted octanol–water partition coefficient (Wildman–Crippen LogP) is -2.27. The van der Waals surface area contributed by atoms with Gasteiger partial charge in [-0.3, -0.25) is 0 Å². The number of hydrogen-bond acceptors (Lipinski definition) is 1. The molecule has 0 aromatic rings. The van der Waals surface area contributed by atoms with Gasteiger partial charge in [0.1, 0.15) is 0 Å². The summed E-state index contributed by atoms with van der Waals surface area (Å²) in [5.41, 5.74) is 0. The molecule has 0 aliphatic heterocycles. The van der Waals surface area contributed by atoms with Crippen LogP contribution in [-0.4, -0.2) is 24.4 Å². The summed E-state index contributed by atoms with van der Waals surface area (Å²) in [4.78, 5) is 11.4. The Morgan fingerprint density at radius 2 is 1.70 bits per heavy atom. The molecule has 0 unspecified atom stereocenters. The van der Waals surface area contributed by atoms with E-state index in [0.717, 1.165) is 0 Å². The van der Waals surface area contributed by atoms with Crippen LogP contribution < -0.4 is 18.9 Å². The van der Waals surface area contributed by atoms with Gasteiger partial charge in [0.15, 0.2) is 0 Å². The second-order valence-electron chi connectivity index (χ2n) is 1.57. The van der Waals surface area contributed by atoms with Crippen molar-refractivity contribution in [3.63, 3.8) is 0 Å². The Morgan fingerprint density at radius 3 is 1.90 bits per heavy atom. The average molecular weight is 131 g/mol. The zero-order valence-corrected chi connectivity index (χ0v) is 6.34. The van der Waals surface area contributed by atoms with E-state index in [0.29, 0.717) is 13.1 Å². The largest absolute Gasteiger partial charge is 1.00 e. The SMILES string of the molecule is C=CCN([C-]=O)CC=C.[Li+]. The van der Waals surface area contributed by atoms with E-state index in [2.05, 4.69) is 13.2 Å². The molecular formula is C7H10LiNO. The molecule has 0 aromatic carbocycles. The maximum Gasteiger partial charge on any atom is 1.00 e. The number of carbonyl (C=O) groups excluding carboxylic acids is 1. The first-order valence-corrected chi connectivity index (χ1v) is 2.69. The fraction of sp³-hybridized carbons (Fsp3) is 0.286. The molecule has 0 saturated heterocycles. The molecule has 0 aliphatic carbocycles. The van der Waals surface area contributed by atoms with E-state index in [1.54, 1.807) is 18.6 Å². The molecule has 0 spiro atoms. The van der Waals surface area contributed by atoms with Crippen LogP contribution in [0.5, 0.6) is 0 Å². The summed E-state index contributed by atoms with van der Waals surface area (Å²) in [6.07, 6.45) is 5.04. The Kier molecular flexibility index (Phi) is 10.5. The topological polar surface area (TPSA) is 20.3 Å². The Labute approximate surface area is 73.8 Å². The van der Waals surface area contributed by atoms with E-state index >= 15 is 0 Å². The van der Waals surface area contributed by atoms with Crippen LogP contribution >= 0.6 is 0 Å². The minimum atomic E-state index is 0. The van der Waals surface area contributed by atoms with Gasteiger partial charge < -0.3 is 9.69 Å². The predicted molar refractivity (Wildman–Crippen MR) is 37.7 cm³/mol. The minimum Gasteiger partial charge on any atom is -0.520 e. The Hall–Kier alpha value is -0.453. The zero-order valence-electron chi connectivity index (χ0n) is 6.34. The molecule has 0 aromatic heterocycles. The zero-order chi connectivity index (χ0) is 7.11. The van der Waals surface area contributed by atoms with Crippen LogP contribution in [0.1, 0.15) is 0 Å². The maximum absolute atomic E-state index is 9.99. The van der Waals surface area contributed by atoms with Gasteiger partial charge >= 0.3 is 18.9 Å². The molecule has 0 heterocycles. The van der Waals surface area contributed by atoms with Crippen LogP contribution in [0.15, 0.2) is 25.3 Å². The molecule has 0 atom stereocenters. The van der Waals surface area contributed by atoms with Crippen LogP contribution in [0.2, 0.25) is 0 Å². The van der Waals surface area contributed by atoms with Crippen molar-refractivity contribution in [2.45, 2.75) is 0 Å². The van der Waals surface area contributed by atoms with Crippen molar-refractivity contribution < 1.29 is 23.7 Å². The van der Waals surface area contributed by atoms with Gasteiger partial charge in [-0.25, -0.2) is 0 Å². The van der Waals surface area contributed by atoms with Crippen LogP contribution in [0.4, 0.5) is 0 Å². The van der Waals surface area contributed by atoms with Crippen LogP contribution in [0.25, 0.3) is 0 Å². The summed E-state index contributed by atoms with van der Waals surface area (Å²) in [5, 5.41) is 0. The normalized spacial score (nSPS) is 7.20. The van der Waals surface area contributed by atoms with Gasteiger partial charge in [-0.05, 0) is 0 Å². The molecule has 3 heteroatoms. The van der Waals surface area contributed by atoms with Crippen molar-refractivity contribution in [3.05, 3.63) is 25.3 Å². The summed E-state index contributed by atoms with van der Waals surface area (Å²) in [6.45, 7) is 8.03. The van der Waals surface area contributed by atoms with Crippen molar-refractivity contribution in [1.29, 1.82) is 0 Å². The van der Waals surface area contributed by atoms with Gasteiger partial charge in [-0.2, -0.15) is 6.41 Å². The monoisotopic (exact) mass is 131 g/mol. The molecule has 50 valence electrons. The summed E-state index contributed by atoms with van der Waals surface area (Å²) in [7, 11) is 0. The molecule has 0 N–H and O–H groups in total. The fourth-order valence-electron chi connectivity index (χ4n) is 0.461. The van der Waals surface area contributed by atoms with Gasteiger partial charge in [-0.1, -0.05) is 12.2 Å². The summed E-state index contributed by atoms with van der Waals surface area (Å²) in [5.74, 6) is 0. The Bertz CT molecular complexity index is 104. The van der Waals surface area contributed by atoms with Crippen LogP contribution in [0, 0.1) is 0 Å². The molecular weight excluding hydrogens is 121 g/mol. The molecule has 2 nitrogen and oxygen atoms in total. The third-order valence-corrected chi connectivity index (χ3v) is 0.828. The summed E-state index contributed by atoms with van der Waals surface area (Å²) in [6, 6.07) is 0. The van der Waals surface area contributed by atoms with E-state index in [4.69, 9.17) is 0 Å². The van der Waals surface area contributed by atoms with Crippen molar-refractivity contribution in [2.75, 3.05) is 13.1 Å². The van der Waals surface area contributed by atoms with E-state index in [1.165, 1.54) is 4.90 Å². The average Bonchev–Trinajstić information content (AvgIpc) is 1.88. The van der Waals surface area contributed by atoms with Gasteiger partial charge in [0.2, 0.25) is 0 Å². The smallest absolute Gasteiger partial charge is 0.520 e. The van der Waals surface area contributed by atoms with Crippen molar-refractivity contribution >= 4 is 6.41 Å². The third kappa shape index (κ3) is 5.68. The first-order chi connectivity index (χ1) is 4.35. The fourth-order valence-corrected chi connectivity index (χ4v) is 0.461. The van der Waals surface area contributed by atoms with E-state index in [1.807, 2.05) is 0 Å². The van der Waals surface area contributed by atoms with Gasteiger partial charge in [0.05, 0.1) is 0 Å². The number of nitrogens with zero attached hydrogens (tertiary/aromatic N) is 1. The molecule has 0 rings (SSSR count). The second-order valence-corrected chi connectivity index (χ2v) is 1.57. The molecule has 0 aliphatic rings. The number of rotatable bonds is 5. The number of hydrogen-bond donors (Lipinski definition) is 0. The molecule has 0 radical (unpaired) electrons. The van der Waals surface area contributed by atoms with Crippen molar-refractivity contribution in [1.82, 2.24) is 4.90 Å². The standard InChI is InChI=1S/C7H10NO.Li/c1-3-5-8(7-9)6-4-2;/h3-4H,1-2,5-6H2;/q-1;+1. The van der Waals surface area contributed by atoms with Crippen LogP contribution in [0.3, 0.4) is 0 Å². The van der Waals surface area contributed by atoms with E-state index in [9.17, 15) is 4.79 Å². The minimum absolute atomic E-state index is 0. The molecule has 0 saturated carbocycles. The first kappa shape index (κ1) is 12.2. The second kappa shape index (κ2) is 8.55. The van der Waals surface area contributed by atoms with Gasteiger partial charge in [0.25, 0.3) is 0 Å². The van der Waals surface area contributed by atoms with E-state index < -0.39 is 0 Å². The van der Waals surface area contributed by atoms with Gasteiger partial charge in [-0.15, -0.1) is 13.2 Å². The Morgan fingerprint density at radius 1 is 1.30 bits per heavy atom. The van der Waals surface area contributed by atoms with Gasteiger partial charge in [0, 0.05) is 13.1 Å². The summed E-state index contributed by atoms with van der Waals surface area (Å²) < 4.78 is 0.